The molecular formula is C17H37NO3. The average Bonchev–Trinajstić information content (AvgIpc) is 2.45. The van der Waals surface area contributed by atoms with E-state index < -0.39 is 0 Å². The number of rotatable bonds is 16. The highest BCUT2D eigenvalue weighted by atomic mass is 16.5. The van der Waals surface area contributed by atoms with E-state index in [0.717, 1.165) is 39.1 Å². The third-order valence-electron chi connectivity index (χ3n) is 3.34. The van der Waals surface area contributed by atoms with Crippen molar-refractivity contribution in [2.75, 3.05) is 52.7 Å². The van der Waals surface area contributed by atoms with E-state index in [-0.39, 0.29) is 0 Å². The molecule has 4 nitrogen and oxygen atoms in total. The Bertz CT molecular complexity index is 210. The molecule has 0 heterocycles. The number of unbranched alkanes of at least 4 members (excludes halogenated alkanes) is 1. The fraction of sp³-hybridized carbons (Fsp3) is 1.00. The minimum absolute atomic E-state index is 0.295. The van der Waals surface area contributed by atoms with E-state index in [1.807, 2.05) is 0 Å². The van der Waals surface area contributed by atoms with Crippen molar-refractivity contribution in [3.05, 3.63) is 0 Å². The van der Waals surface area contributed by atoms with Gasteiger partial charge in [-0.25, -0.2) is 0 Å². The van der Waals surface area contributed by atoms with Crippen LogP contribution in [0.25, 0.3) is 0 Å². The standard InChI is InChI=1S/C17H37NO3/c1-5-7-10-19-12-14-21-15-13-20-11-8-17(3,4)16-18-9-6-2/h18H,5-16H2,1-4H3. The molecule has 0 aromatic carbocycles. The van der Waals surface area contributed by atoms with Crippen molar-refractivity contribution in [2.24, 2.45) is 5.41 Å². The summed E-state index contributed by atoms with van der Waals surface area (Å²) in [6.45, 7) is 15.4. The largest absolute Gasteiger partial charge is 0.379 e. The highest BCUT2D eigenvalue weighted by molar-refractivity contribution is 4.71. The van der Waals surface area contributed by atoms with Gasteiger partial charge >= 0.3 is 0 Å². The highest BCUT2D eigenvalue weighted by Gasteiger charge is 2.16. The Hall–Kier alpha value is -0.160. The molecule has 0 aliphatic heterocycles. The first-order valence-electron chi connectivity index (χ1n) is 8.56. The molecule has 0 aromatic heterocycles. The van der Waals surface area contributed by atoms with Gasteiger partial charge in [0.05, 0.1) is 26.4 Å². The van der Waals surface area contributed by atoms with E-state index in [2.05, 4.69) is 33.0 Å². The summed E-state index contributed by atoms with van der Waals surface area (Å²) in [5, 5.41) is 3.47. The monoisotopic (exact) mass is 303 g/mol. The molecule has 0 fully saturated rings. The number of ether oxygens (including phenoxy) is 3. The molecule has 0 aliphatic carbocycles. The van der Waals surface area contributed by atoms with Gasteiger partial charge in [0.2, 0.25) is 0 Å². The van der Waals surface area contributed by atoms with Gasteiger partial charge in [-0.05, 0) is 31.2 Å². The SMILES string of the molecule is CCCCOCCOCCOCCC(C)(C)CNCCC. The van der Waals surface area contributed by atoms with Gasteiger partial charge in [-0.15, -0.1) is 0 Å². The zero-order chi connectivity index (χ0) is 15.8. The van der Waals surface area contributed by atoms with Crippen molar-refractivity contribution in [3.63, 3.8) is 0 Å². The van der Waals surface area contributed by atoms with Crippen molar-refractivity contribution in [3.8, 4) is 0 Å². The Kier molecular flexibility index (Phi) is 14.7. The number of nitrogens with one attached hydrogen (secondary N) is 1. The molecule has 0 aliphatic rings. The van der Waals surface area contributed by atoms with Crippen LogP contribution < -0.4 is 5.32 Å². The Morgan fingerprint density at radius 1 is 0.762 bits per heavy atom. The maximum absolute atomic E-state index is 5.63. The smallest absolute Gasteiger partial charge is 0.0701 e. The van der Waals surface area contributed by atoms with Gasteiger partial charge in [0.1, 0.15) is 0 Å². The van der Waals surface area contributed by atoms with Crippen LogP contribution in [0, 0.1) is 5.41 Å². The molecule has 0 bridgehead atoms. The second-order valence-electron chi connectivity index (χ2n) is 6.28. The Labute approximate surface area is 131 Å². The molecular weight excluding hydrogens is 266 g/mol. The zero-order valence-corrected chi connectivity index (χ0v) is 14.7. The molecule has 0 radical (unpaired) electrons. The maximum atomic E-state index is 5.63. The molecule has 128 valence electrons. The average molecular weight is 303 g/mol. The van der Waals surface area contributed by atoms with E-state index in [9.17, 15) is 0 Å². The van der Waals surface area contributed by atoms with Crippen LogP contribution in [-0.2, 0) is 14.2 Å². The first-order valence-corrected chi connectivity index (χ1v) is 8.56. The van der Waals surface area contributed by atoms with Crippen molar-refractivity contribution in [1.82, 2.24) is 5.32 Å². The second kappa shape index (κ2) is 14.8. The molecule has 21 heavy (non-hydrogen) atoms. The molecule has 0 amide bonds. The Morgan fingerprint density at radius 3 is 1.90 bits per heavy atom. The minimum Gasteiger partial charge on any atom is -0.379 e. The van der Waals surface area contributed by atoms with Crippen LogP contribution >= 0.6 is 0 Å². The summed E-state index contributed by atoms with van der Waals surface area (Å²) in [6.07, 6.45) is 4.57. The van der Waals surface area contributed by atoms with Crippen LogP contribution in [0.15, 0.2) is 0 Å². The van der Waals surface area contributed by atoms with Crippen LogP contribution in [-0.4, -0.2) is 52.7 Å². The third-order valence-corrected chi connectivity index (χ3v) is 3.34. The van der Waals surface area contributed by atoms with Gasteiger partial charge in [-0.3, -0.25) is 0 Å². The van der Waals surface area contributed by atoms with Gasteiger partial charge in [0.15, 0.2) is 0 Å². The quantitative estimate of drug-likeness (QED) is 0.444. The maximum Gasteiger partial charge on any atom is 0.0701 e. The van der Waals surface area contributed by atoms with Crippen molar-refractivity contribution >= 4 is 0 Å². The van der Waals surface area contributed by atoms with Crippen LogP contribution in [0.5, 0.6) is 0 Å². The third kappa shape index (κ3) is 16.0. The lowest BCUT2D eigenvalue weighted by molar-refractivity contribution is 0.00936. The Balaban J connectivity index is 3.23. The van der Waals surface area contributed by atoms with Crippen LogP contribution in [0.1, 0.15) is 53.4 Å². The van der Waals surface area contributed by atoms with Gasteiger partial charge in [-0.1, -0.05) is 34.1 Å². The minimum atomic E-state index is 0.295. The molecule has 0 unspecified atom stereocenters. The highest BCUT2D eigenvalue weighted by Crippen LogP contribution is 2.18. The van der Waals surface area contributed by atoms with Gasteiger partial charge in [0.25, 0.3) is 0 Å². The topological polar surface area (TPSA) is 39.7 Å². The lowest BCUT2D eigenvalue weighted by Crippen LogP contribution is -2.31. The predicted octanol–water partition coefficient (Wildman–Crippen LogP) is 3.25. The molecule has 0 atom stereocenters. The fourth-order valence-corrected chi connectivity index (χ4v) is 1.83. The van der Waals surface area contributed by atoms with E-state index >= 15 is 0 Å². The van der Waals surface area contributed by atoms with Gasteiger partial charge < -0.3 is 19.5 Å². The zero-order valence-electron chi connectivity index (χ0n) is 14.7. The molecule has 0 saturated carbocycles. The summed E-state index contributed by atoms with van der Waals surface area (Å²) >= 11 is 0. The summed E-state index contributed by atoms with van der Waals surface area (Å²) in [5.74, 6) is 0. The van der Waals surface area contributed by atoms with E-state index in [1.165, 1.54) is 12.8 Å². The summed E-state index contributed by atoms with van der Waals surface area (Å²) in [6, 6.07) is 0. The predicted molar refractivity (Wildman–Crippen MR) is 88.9 cm³/mol. The molecule has 0 aromatic rings. The Morgan fingerprint density at radius 2 is 1.33 bits per heavy atom. The van der Waals surface area contributed by atoms with Crippen LogP contribution in [0.2, 0.25) is 0 Å². The first kappa shape index (κ1) is 20.8. The fourth-order valence-electron chi connectivity index (χ4n) is 1.83. The normalized spacial score (nSPS) is 12.0. The van der Waals surface area contributed by atoms with Crippen LogP contribution in [0.3, 0.4) is 0 Å². The summed E-state index contributed by atoms with van der Waals surface area (Å²) < 4.78 is 16.5. The van der Waals surface area contributed by atoms with Gasteiger partial charge in [-0.2, -0.15) is 0 Å². The van der Waals surface area contributed by atoms with Gasteiger partial charge in [0, 0.05) is 19.8 Å². The van der Waals surface area contributed by atoms with E-state index in [1.54, 1.807) is 0 Å². The molecule has 4 heteroatoms. The second-order valence-corrected chi connectivity index (χ2v) is 6.28. The first-order chi connectivity index (χ1) is 10.1. The van der Waals surface area contributed by atoms with E-state index in [0.29, 0.717) is 31.8 Å². The summed E-state index contributed by atoms with van der Waals surface area (Å²) in [7, 11) is 0. The summed E-state index contributed by atoms with van der Waals surface area (Å²) in [4.78, 5) is 0. The van der Waals surface area contributed by atoms with Crippen molar-refractivity contribution in [2.45, 2.75) is 53.4 Å². The van der Waals surface area contributed by atoms with E-state index in [4.69, 9.17) is 14.2 Å². The lowest BCUT2D eigenvalue weighted by Gasteiger charge is -2.24. The molecule has 0 rings (SSSR count). The van der Waals surface area contributed by atoms with Crippen molar-refractivity contribution in [1.29, 1.82) is 0 Å². The lowest BCUT2D eigenvalue weighted by atomic mass is 9.90. The van der Waals surface area contributed by atoms with Crippen molar-refractivity contribution < 1.29 is 14.2 Å². The number of hydrogen-bond acceptors (Lipinski definition) is 4. The van der Waals surface area contributed by atoms with Crippen LogP contribution in [0.4, 0.5) is 0 Å². The number of hydrogen-bond donors (Lipinski definition) is 1. The molecule has 0 spiro atoms. The molecule has 0 saturated heterocycles. The molecule has 1 N–H and O–H groups in total. The summed E-state index contributed by atoms with van der Waals surface area (Å²) in [5.41, 5.74) is 0.295.